The Kier molecular flexibility index (Phi) is 3.38. The molecule has 0 spiro atoms. The van der Waals surface area contributed by atoms with Crippen LogP contribution in [0.15, 0.2) is 29.3 Å². The first-order valence-corrected chi connectivity index (χ1v) is 8.98. The summed E-state index contributed by atoms with van der Waals surface area (Å²) in [5.74, 6) is 1.22. The average Bonchev–Trinajstić information content (AvgIpc) is 2.92. The number of methoxy groups -OCH3 is 1. The molecule has 1 amide bonds. The fourth-order valence-electron chi connectivity index (χ4n) is 6.03. The Hall–Kier alpha value is -1.71. The van der Waals surface area contributed by atoms with Crippen molar-refractivity contribution in [3.05, 3.63) is 24.3 Å². The van der Waals surface area contributed by atoms with Crippen LogP contribution in [0.25, 0.3) is 0 Å². The molecule has 4 aliphatic rings. The quantitative estimate of drug-likeness (QED) is 0.694. The highest BCUT2D eigenvalue weighted by Gasteiger charge is 2.59. The Morgan fingerprint density at radius 1 is 1.21 bits per heavy atom. The molecule has 4 heteroatoms. The maximum atomic E-state index is 12.3. The van der Waals surface area contributed by atoms with Crippen LogP contribution in [0.5, 0.6) is 0 Å². The van der Waals surface area contributed by atoms with E-state index < -0.39 is 0 Å². The fraction of sp³-hybridized carbons (Fsp3) is 0.650. The molecule has 0 unspecified atom stereocenters. The standard InChI is InChI=1S/C20H25NO3/c1-19-10-8-14-12(13(19)5-6-15(19)18(23)24-3)4-7-16-20(14,2)11-9-17(22)21-16/h4,7,9,11-15H,5-6,8,10H2,1-3H3/t12-,13-,14-,15+,19-,20+/m0/s1. The van der Waals surface area contributed by atoms with Crippen molar-refractivity contribution in [1.82, 2.24) is 0 Å². The van der Waals surface area contributed by atoms with Crippen LogP contribution >= 0.6 is 0 Å². The summed E-state index contributed by atoms with van der Waals surface area (Å²) in [5.41, 5.74) is 0.776. The zero-order valence-electron chi connectivity index (χ0n) is 14.6. The summed E-state index contributed by atoms with van der Waals surface area (Å²) >= 11 is 0. The topological polar surface area (TPSA) is 55.7 Å². The van der Waals surface area contributed by atoms with Crippen molar-refractivity contribution in [2.24, 2.45) is 39.5 Å². The third kappa shape index (κ3) is 1.95. The maximum absolute atomic E-state index is 12.3. The Bertz CT molecular complexity index is 691. The molecular weight excluding hydrogens is 302 g/mol. The van der Waals surface area contributed by atoms with Crippen molar-refractivity contribution in [2.45, 2.75) is 39.5 Å². The van der Waals surface area contributed by atoms with Gasteiger partial charge < -0.3 is 4.74 Å². The van der Waals surface area contributed by atoms with Crippen molar-refractivity contribution < 1.29 is 14.3 Å². The number of nitrogens with zero attached hydrogens (tertiary/aromatic N) is 1. The van der Waals surface area contributed by atoms with Crippen molar-refractivity contribution in [3.8, 4) is 0 Å². The zero-order valence-corrected chi connectivity index (χ0v) is 14.6. The molecule has 4 nitrogen and oxygen atoms in total. The van der Waals surface area contributed by atoms with Gasteiger partial charge in [0, 0.05) is 11.5 Å². The van der Waals surface area contributed by atoms with Crippen LogP contribution < -0.4 is 0 Å². The van der Waals surface area contributed by atoms with Crippen molar-refractivity contribution >= 4 is 17.6 Å². The molecule has 0 N–H and O–H groups in total. The van der Waals surface area contributed by atoms with E-state index in [4.69, 9.17) is 4.74 Å². The van der Waals surface area contributed by atoms with E-state index in [2.05, 4.69) is 37.1 Å². The lowest BCUT2D eigenvalue weighted by Crippen LogP contribution is -2.51. The largest absolute Gasteiger partial charge is 0.469 e. The first kappa shape index (κ1) is 15.8. The Morgan fingerprint density at radius 3 is 2.75 bits per heavy atom. The van der Waals surface area contributed by atoms with Crippen LogP contribution in [0.1, 0.15) is 39.5 Å². The minimum atomic E-state index is -0.155. The minimum absolute atomic E-state index is 0.0215. The number of amides is 1. The van der Waals surface area contributed by atoms with Gasteiger partial charge in [0.1, 0.15) is 0 Å². The molecule has 1 heterocycles. The molecule has 0 aromatic rings. The lowest BCUT2D eigenvalue weighted by atomic mass is 9.50. The van der Waals surface area contributed by atoms with Gasteiger partial charge in [-0.3, -0.25) is 9.59 Å². The SMILES string of the molecule is COC(=O)[C@H]1CC[C@H]2[C@@H]3C=CC4=NC(=O)C=C[C@]4(C)[C@H]3CC[C@]12C. The summed E-state index contributed by atoms with van der Waals surface area (Å²) in [5, 5.41) is 0. The molecule has 0 bridgehead atoms. The van der Waals surface area contributed by atoms with E-state index in [0.717, 1.165) is 31.4 Å². The molecule has 6 atom stereocenters. The van der Waals surface area contributed by atoms with Gasteiger partial charge in [-0.15, -0.1) is 0 Å². The van der Waals surface area contributed by atoms with Gasteiger partial charge in [-0.05, 0) is 54.9 Å². The number of esters is 1. The summed E-state index contributed by atoms with van der Waals surface area (Å²) in [7, 11) is 1.50. The highest BCUT2D eigenvalue weighted by molar-refractivity contribution is 6.12. The van der Waals surface area contributed by atoms with E-state index in [1.165, 1.54) is 7.11 Å². The van der Waals surface area contributed by atoms with Crippen molar-refractivity contribution in [3.63, 3.8) is 0 Å². The summed E-state index contributed by atoms with van der Waals surface area (Å²) in [4.78, 5) is 28.2. The summed E-state index contributed by atoms with van der Waals surface area (Å²) in [6.07, 6.45) is 12.1. The second-order valence-corrected chi connectivity index (χ2v) is 8.30. The molecular formula is C20H25NO3. The molecule has 0 aromatic carbocycles. The predicted octanol–water partition coefficient (Wildman–Crippen LogP) is 3.33. The summed E-state index contributed by atoms with van der Waals surface area (Å²) < 4.78 is 5.08. The van der Waals surface area contributed by atoms with E-state index in [1.807, 2.05) is 0 Å². The normalized spacial score (nSPS) is 46.0. The molecule has 2 fully saturated rings. The number of carbonyl (C=O) groups is 2. The van der Waals surface area contributed by atoms with Crippen LogP contribution in [0.2, 0.25) is 0 Å². The Labute approximate surface area is 143 Å². The van der Waals surface area contributed by atoms with E-state index >= 15 is 0 Å². The van der Waals surface area contributed by atoms with Crippen LogP contribution in [0, 0.1) is 34.5 Å². The van der Waals surface area contributed by atoms with Gasteiger partial charge in [0.15, 0.2) is 0 Å². The number of allylic oxidation sites excluding steroid dienone is 3. The van der Waals surface area contributed by atoms with Crippen LogP contribution in [-0.4, -0.2) is 24.7 Å². The minimum Gasteiger partial charge on any atom is -0.469 e. The van der Waals surface area contributed by atoms with Gasteiger partial charge in [-0.25, -0.2) is 4.99 Å². The third-order valence-corrected chi connectivity index (χ3v) is 7.42. The smallest absolute Gasteiger partial charge is 0.309 e. The van der Waals surface area contributed by atoms with E-state index in [1.54, 1.807) is 6.08 Å². The van der Waals surface area contributed by atoms with Crippen LogP contribution in [0.4, 0.5) is 0 Å². The first-order valence-electron chi connectivity index (χ1n) is 8.98. The first-order chi connectivity index (χ1) is 11.4. The molecule has 2 saturated carbocycles. The number of hydrogen-bond acceptors (Lipinski definition) is 3. The van der Waals surface area contributed by atoms with Crippen molar-refractivity contribution in [2.75, 3.05) is 7.11 Å². The molecule has 4 rings (SSSR count). The zero-order chi connectivity index (χ0) is 17.1. The number of fused-ring (bicyclic) bond motifs is 5. The lowest BCUT2D eigenvalue weighted by molar-refractivity contribution is -0.151. The number of aliphatic imine (C=N–C) groups is 1. The predicted molar refractivity (Wildman–Crippen MR) is 91.4 cm³/mol. The maximum Gasteiger partial charge on any atom is 0.309 e. The van der Waals surface area contributed by atoms with Gasteiger partial charge in [-0.2, -0.15) is 0 Å². The highest BCUT2D eigenvalue weighted by atomic mass is 16.5. The number of hydrogen-bond donors (Lipinski definition) is 0. The monoisotopic (exact) mass is 327 g/mol. The van der Waals surface area contributed by atoms with Crippen molar-refractivity contribution in [1.29, 1.82) is 0 Å². The third-order valence-electron chi connectivity index (χ3n) is 7.42. The summed E-state index contributed by atoms with van der Waals surface area (Å²) in [6, 6.07) is 0. The molecule has 0 saturated heterocycles. The second kappa shape index (κ2) is 5.14. The second-order valence-electron chi connectivity index (χ2n) is 8.30. The Balaban J connectivity index is 1.71. The Morgan fingerprint density at radius 2 is 2.00 bits per heavy atom. The van der Waals surface area contributed by atoms with Gasteiger partial charge in [0.2, 0.25) is 0 Å². The fourth-order valence-corrected chi connectivity index (χ4v) is 6.03. The molecule has 24 heavy (non-hydrogen) atoms. The molecule has 128 valence electrons. The summed E-state index contributed by atoms with van der Waals surface area (Å²) in [6.45, 7) is 4.49. The average molecular weight is 327 g/mol. The van der Waals surface area contributed by atoms with Gasteiger partial charge >= 0.3 is 5.97 Å². The molecule has 3 aliphatic carbocycles. The van der Waals surface area contributed by atoms with Crippen LogP contribution in [0.3, 0.4) is 0 Å². The van der Waals surface area contributed by atoms with E-state index in [9.17, 15) is 9.59 Å². The lowest BCUT2D eigenvalue weighted by Gasteiger charge is -2.54. The van der Waals surface area contributed by atoms with Gasteiger partial charge in [0.25, 0.3) is 5.91 Å². The molecule has 1 aliphatic heterocycles. The number of ether oxygens (including phenoxy) is 1. The number of rotatable bonds is 1. The number of carbonyl (C=O) groups excluding carboxylic acids is 2. The van der Waals surface area contributed by atoms with E-state index in [0.29, 0.717) is 17.8 Å². The highest BCUT2D eigenvalue weighted by Crippen LogP contribution is 2.63. The van der Waals surface area contributed by atoms with Gasteiger partial charge in [0.05, 0.1) is 18.7 Å². The van der Waals surface area contributed by atoms with Crippen LogP contribution in [-0.2, 0) is 14.3 Å². The molecule has 0 aromatic heterocycles. The van der Waals surface area contributed by atoms with Gasteiger partial charge in [-0.1, -0.05) is 26.0 Å². The number of dihydropyridines is 1. The van der Waals surface area contributed by atoms with E-state index in [-0.39, 0.29) is 28.6 Å². The molecule has 0 radical (unpaired) electrons.